The van der Waals surface area contributed by atoms with Gasteiger partial charge in [-0.05, 0) is 34.4 Å². The van der Waals surface area contributed by atoms with E-state index >= 15 is 0 Å². The number of nitrogens with one attached hydrogen (secondary N) is 1. The van der Waals surface area contributed by atoms with Crippen LogP contribution in [-0.4, -0.2) is 35.4 Å². The average Bonchev–Trinajstić information content (AvgIpc) is 3.06. The maximum absolute atomic E-state index is 12.2. The molecule has 1 amide bonds. The van der Waals surface area contributed by atoms with Gasteiger partial charge in [0.2, 0.25) is 0 Å². The molecular formula is C37H40N2O5. The van der Waals surface area contributed by atoms with Gasteiger partial charge in [-0.1, -0.05) is 117 Å². The first-order valence-corrected chi connectivity index (χ1v) is 15.0. The SMILES string of the molecule is C=CCOC(=O)Nc1cccc([C@H]2O[C@@H](CN(Cc3ccccc3)Cc3ccccc3)[C@@H](C)[C@@H](c3ccc(CO)cc3)O2)c1. The molecular weight excluding hydrogens is 552 g/mol. The van der Waals surface area contributed by atoms with Crippen molar-refractivity contribution in [2.75, 3.05) is 18.5 Å². The highest BCUT2D eigenvalue weighted by molar-refractivity contribution is 5.84. The molecule has 0 aromatic heterocycles. The number of aliphatic hydroxyl groups excluding tert-OH is 1. The third kappa shape index (κ3) is 8.42. The second-order valence-electron chi connectivity index (χ2n) is 11.1. The van der Waals surface area contributed by atoms with Crippen LogP contribution in [0.1, 0.15) is 47.1 Å². The highest BCUT2D eigenvalue weighted by Crippen LogP contribution is 2.42. The van der Waals surface area contributed by atoms with Crippen molar-refractivity contribution in [3.8, 4) is 0 Å². The van der Waals surface area contributed by atoms with Crippen LogP contribution in [0, 0.1) is 5.92 Å². The zero-order chi connectivity index (χ0) is 30.7. The first-order chi connectivity index (χ1) is 21.5. The summed E-state index contributed by atoms with van der Waals surface area (Å²) in [7, 11) is 0. The summed E-state index contributed by atoms with van der Waals surface area (Å²) < 4.78 is 18.5. The Hall–Kier alpha value is -4.27. The van der Waals surface area contributed by atoms with Crippen molar-refractivity contribution in [3.05, 3.63) is 150 Å². The Bertz CT molecular complexity index is 1440. The average molecular weight is 593 g/mol. The molecule has 1 heterocycles. The number of rotatable bonds is 12. The standard InChI is InChI=1S/C37H40N2O5/c1-3-21-42-37(41)38-33-16-10-15-32(22-33)36-43-34(27(2)35(44-36)31-19-17-30(26-40)18-20-31)25-39(23-28-11-6-4-7-12-28)24-29-13-8-5-9-14-29/h3-20,22,27,34-36,40H,1,21,23-26H2,2H3,(H,38,41)/t27-,34+,35+,36+/m1/s1. The highest BCUT2D eigenvalue weighted by Gasteiger charge is 2.39. The molecule has 1 aliphatic heterocycles. The Balaban J connectivity index is 1.43. The van der Waals surface area contributed by atoms with Gasteiger partial charge in [0.15, 0.2) is 6.29 Å². The molecule has 4 atom stereocenters. The fourth-order valence-corrected chi connectivity index (χ4v) is 5.50. The monoisotopic (exact) mass is 592 g/mol. The lowest BCUT2D eigenvalue weighted by atomic mass is 9.89. The van der Waals surface area contributed by atoms with Crippen LogP contribution in [-0.2, 0) is 33.9 Å². The molecule has 0 bridgehead atoms. The fourth-order valence-electron chi connectivity index (χ4n) is 5.50. The topological polar surface area (TPSA) is 80.3 Å². The van der Waals surface area contributed by atoms with Gasteiger partial charge in [-0.15, -0.1) is 0 Å². The Morgan fingerprint density at radius 1 is 0.864 bits per heavy atom. The molecule has 4 aromatic carbocycles. The lowest BCUT2D eigenvalue weighted by molar-refractivity contribution is -0.276. The van der Waals surface area contributed by atoms with Crippen molar-refractivity contribution in [2.45, 2.75) is 45.1 Å². The lowest BCUT2D eigenvalue weighted by Crippen LogP contribution is -2.44. The maximum Gasteiger partial charge on any atom is 0.411 e. The number of anilines is 1. The van der Waals surface area contributed by atoms with Crippen molar-refractivity contribution >= 4 is 11.8 Å². The van der Waals surface area contributed by atoms with E-state index in [0.29, 0.717) is 12.2 Å². The highest BCUT2D eigenvalue weighted by atomic mass is 16.7. The molecule has 5 rings (SSSR count). The number of nitrogens with zero attached hydrogens (tertiary/aromatic N) is 1. The molecule has 0 radical (unpaired) electrons. The van der Waals surface area contributed by atoms with Gasteiger partial charge in [0.1, 0.15) is 6.61 Å². The minimum absolute atomic E-state index is 0.0152. The summed E-state index contributed by atoms with van der Waals surface area (Å²) >= 11 is 0. The van der Waals surface area contributed by atoms with Crippen LogP contribution in [0.4, 0.5) is 10.5 Å². The van der Waals surface area contributed by atoms with Crippen molar-refractivity contribution in [3.63, 3.8) is 0 Å². The van der Waals surface area contributed by atoms with Gasteiger partial charge in [-0.3, -0.25) is 10.2 Å². The van der Waals surface area contributed by atoms with Crippen molar-refractivity contribution in [1.82, 2.24) is 4.90 Å². The van der Waals surface area contributed by atoms with E-state index in [1.807, 2.05) is 54.6 Å². The predicted molar refractivity (Wildman–Crippen MR) is 172 cm³/mol. The van der Waals surface area contributed by atoms with Crippen molar-refractivity contribution in [1.29, 1.82) is 0 Å². The summed E-state index contributed by atoms with van der Waals surface area (Å²) in [6.45, 7) is 8.09. The van der Waals surface area contributed by atoms with Crippen molar-refractivity contribution in [2.24, 2.45) is 5.92 Å². The Labute approximate surface area is 259 Å². The zero-order valence-electron chi connectivity index (χ0n) is 25.0. The van der Waals surface area contributed by atoms with E-state index in [0.717, 1.165) is 29.8 Å². The van der Waals surface area contributed by atoms with Gasteiger partial charge in [0.05, 0.1) is 18.8 Å². The third-order valence-corrected chi connectivity index (χ3v) is 7.80. The molecule has 1 fully saturated rings. The summed E-state index contributed by atoms with van der Waals surface area (Å²) in [6, 6.07) is 36.3. The van der Waals surface area contributed by atoms with E-state index in [2.05, 4.69) is 72.3 Å². The van der Waals surface area contributed by atoms with Crippen LogP contribution in [0.3, 0.4) is 0 Å². The molecule has 7 heteroatoms. The van der Waals surface area contributed by atoms with Gasteiger partial charge in [-0.25, -0.2) is 4.79 Å². The minimum Gasteiger partial charge on any atom is -0.445 e. The van der Waals surface area contributed by atoms with Crippen LogP contribution >= 0.6 is 0 Å². The van der Waals surface area contributed by atoms with Gasteiger partial charge < -0.3 is 19.3 Å². The molecule has 0 unspecified atom stereocenters. The minimum atomic E-state index is -0.667. The molecule has 2 N–H and O–H groups in total. The van der Waals surface area contributed by atoms with E-state index in [9.17, 15) is 9.90 Å². The zero-order valence-corrected chi connectivity index (χ0v) is 25.0. The van der Waals surface area contributed by atoms with E-state index in [1.54, 1.807) is 6.07 Å². The Kier molecular flexibility index (Phi) is 10.9. The van der Waals surface area contributed by atoms with E-state index in [1.165, 1.54) is 17.2 Å². The largest absolute Gasteiger partial charge is 0.445 e. The smallest absolute Gasteiger partial charge is 0.411 e. The number of aliphatic hydroxyl groups is 1. The van der Waals surface area contributed by atoms with Crippen LogP contribution in [0.5, 0.6) is 0 Å². The van der Waals surface area contributed by atoms with E-state index in [4.69, 9.17) is 14.2 Å². The molecule has 0 spiro atoms. The molecule has 0 saturated carbocycles. The molecule has 1 aliphatic rings. The summed E-state index contributed by atoms with van der Waals surface area (Å²) in [5.74, 6) is 0.0236. The Morgan fingerprint density at radius 2 is 1.52 bits per heavy atom. The summed E-state index contributed by atoms with van der Waals surface area (Å²) in [6.07, 6.45) is -0.125. The second kappa shape index (κ2) is 15.5. The number of carbonyl (C=O) groups excluding carboxylic acids is 1. The predicted octanol–water partition coefficient (Wildman–Crippen LogP) is 7.41. The summed E-state index contributed by atoms with van der Waals surface area (Å²) in [5, 5.41) is 12.4. The fraction of sp³-hybridized carbons (Fsp3) is 0.270. The normalized spacial score (nSPS) is 19.8. The van der Waals surface area contributed by atoms with E-state index in [-0.39, 0.29) is 31.3 Å². The maximum atomic E-state index is 12.2. The lowest BCUT2D eigenvalue weighted by Gasteiger charge is -2.43. The first-order valence-electron chi connectivity index (χ1n) is 15.0. The quantitative estimate of drug-likeness (QED) is 0.167. The number of hydrogen-bond donors (Lipinski definition) is 2. The van der Waals surface area contributed by atoms with Gasteiger partial charge in [0.25, 0.3) is 0 Å². The van der Waals surface area contributed by atoms with E-state index < -0.39 is 12.4 Å². The van der Waals surface area contributed by atoms with Crippen LogP contribution in [0.2, 0.25) is 0 Å². The van der Waals surface area contributed by atoms with Gasteiger partial charge in [0, 0.05) is 36.8 Å². The van der Waals surface area contributed by atoms with Gasteiger partial charge >= 0.3 is 6.09 Å². The van der Waals surface area contributed by atoms with Crippen LogP contribution < -0.4 is 5.32 Å². The number of carbonyl (C=O) groups is 1. The number of amides is 1. The van der Waals surface area contributed by atoms with Crippen LogP contribution in [0.15, 0.2) is 122 Å². The molecule has 0 aliphatic carbocycles. The summed E-state index contributed by atoms with van der Waals surface area (Å²) in [4.78, 5) is 14.6. The third-order valence-electron chi connectivity index (χ3n) is 7.80. The number of hydrogen-bond acceptors (Lipinski definition) is 6. The molecule has 7 nitrogen and oxygen atoms in total. The molecule has 1 saturated heterocycles. The van der Waals surface area contributed by atoms with Gasteiger partial charge in [-0.2, -0.15) is 0 Å². The molecule has 228 valence electrons. The first kappa shape index (κ1) is 31.2. The number of benzene rings is 4. The van der Waals surface area contributed by atoms with Crippen LogP contribution in [0.25, 0.3) is 0 Å². The van der Waals surface area contributed by atoms with Crippen molar-refractivity contribution < 1.29 is 24.1 Å². The summed E-state index contributed by atoms with van der Waals surface area (Å²) in [5.41, 5.74) is 5.71. The molecule has 44 heavy (non-hydrogen) atoms. The second-order valence-corrected chi connectivity index (χ2v) is 11.1. The number of ether oxygens (including phenoxy) is 3. The Morgan fingerprint density at radius 3 is 2.14 bits per heavy atom. The molecule has 4 aromatic rings.